The third-order valence-corrected chi connectivity index (χ3v) is 6.99. The van der Waals surface area contributed by atoms with Crippen LogP contribution in [-0.4, -0.2) is 60.8 Å². The van der Waals surface area contributed by atoms with Crippen molar-refractivity contribution < 1.29 is 14.1 Å². The van der Waals surface area contributed by atoms with Gasteiger partial charge < -0.3 is 19.5 Å². The van der Waals surface area contributed by atoms with Gasteiger partial charge >= 0.3 is 6.01 Å². The van der Waals surface area contributed by atoms with Gasteiger partial charge in [-0.3, -0.25) is 9.69 Å². The Morgan fingerprint density at radius 1 is 1.14 bits per heavy atom. The lowest BCUT2D eigenvalue weighted by Gasteiger charge is -2.31. The highest BCUT2D eigenvalue weighted by atomic mass is 16.5. The molecule has 1 saturated heterocycles. The van der Waals surface area contributed by atoms with Crippen molar-refractivity contribution in [3.8, 4) is 17.1 Å². The zero-order chi connectivity index (χ0) is 24.0. The van der Waals surface area contributed by atoms with Crippen LogP contribution in [-0.2, 0) is 17.8 Å². The molecule has 184 valence electrons. The fourth-order valence-electron chi connectivity index (χ4n) is 4.97. The van der Waals surface area contributed by atoms with Crippen LogP contribution in [0.15, 0.2) is 53.1 Å². The van der Waals surface area contributed by atoms with E-state index in [9.17, 15) is 4.79 Å². The Balaban J connectivity index is 1.08. The molecule has 1 fully saturated rings. The number of aromatic nitrogens is 2. The summed E-state index contributed by atoms with van der Waals surface area (Å²) in [5.41, 5.74) is 3.77. The van der Waals surface area contributed by atoms with Crippen molar-refractivity contribution in [2.75, 3.05) is 44.7 Å². The number of carbonyl (C=O) groups excluding carboxylic acids is 1. The third kappa shape index (κ3) is 5.65. The average molecular weight is 476 g/mol. The topological polar surface area (TPSA) is 83.7 Å². The van der Waals surface area contributed by atoms with Crippen molar-refractivity contribution >= 4 is 11.9 Å². The maximum atomic E-state index is 12.8. The smallest absolute Gasteiger partial charge is 0.324 e. The molecule has 8 heteroatoms. The molecule has 3 aromatic rings. The number of nitrogens with one attached hydrogen (secondary N) is 1. The van der Waals surface area contributed by atoms with E-state index >= 15 is 0 Å². The Morgan fingerprint density at radius 2 is 1.97 bits per heavy atom. The molecule has 0 saturated carbocycles. The number of hydrogen-bond acceptors (Lipinski definition) is 7. The summed E-state index contributed by atoms with van der Waals surface area (Å²) in [4.78, 5) is 21.9. The number of benzene rings is 2. The van der Waals surface area contributed by atoms with Gasteiger partial charge in [0.1, 0.15) is 5.75 Å². The highest BCUT2D eigenvalue weighted by Crippen LogP contribution is 2.26. The lowest BCUT2D eigenvalue weighted by atomic mass is 9.97. The van der Waals surface area contributed by atoms with E-state index in [1.165, 1.54) is 11.1 Å². The molecular formula is C27H33N5O3. The lowest BCUT2D eigenvalue weighted by Crippen LogP contribution is -2.43. The molecule has 3 heterocycles. The number of rotatable bonds is 8. The van der Waals surface area contributed by atoms with Crippen LogP contribution in [0.5, 0.6) is 5.75 Å². The van der Waals surface area contributed by atoms with Crippen LogP contribution in [0, 0.1) is 5.92 Å². The number of hydrogen-bond donors (Lipinski definition) is 1. The van der Waals surface area contributed by atoms with Gasteiger partial charge in [-0.15, -0.1) is 0 Å². The molecular weight excluding hydrogens is 442 g/mol. The minimum absolute atomic E-state index is 0.0676. The second kappa shape index (κ2) is 10.9. The molecule has 0 bridgehead atoms. The van der Waals surface area contributed by atoms with Gasteiger partial charge in [0.25, 0.3) is 0 Å². The highest BCUT2D eigenvalue weighted by Gasteiger charge is 2.28. The second-order valence-electron chi connectivity index (χ2n) is 9.35. The van der Waals surface area contributed by atoms with E-state index in [4.69, 9.17) is 9.26 Å². The Bertz CT molecular complexity index is 1130. The van der Waals surface area contributed by atoms with Crippen LogP contribution in [0.4, 0.5) is 6.01 Å². The molecule has 1 amide bonds. The molecule has 1 N–H and O–H groups in total. The van der Waals surface area contributed by atoms with Gasteiger partial charge in [0.15, 0.2) is 0 Å². The van der Waals surface area contributed by atoms with E-state index in [-0.39, 0.29) is 11.8 Å². The zero-order valence-electron chi connectivity index (χ0n) is 20.3. The summed E-state index contributed by atoms with van der Waals surface area (Å²) < 4.78 is 10.7. The van der Waals surface area contributed by atoms with Gasteiger partial charge in [-0.25, -0.2) is 0 Å². The summed E-state index contributed by atoms with van der Waals surface area (Å²) in [6.45, 7) is 5.20. The maximum Gasteiger partial charge on any atom is 0.324 e. The van der Waals surface area contributed by atoms with Crippen LogP contribution in [0.3, 0.4) is 0 Å². The Labute approximate surface area is 206 Å². The van der Waals surface area contributed by atoms with E-state index in [1.807, 2.05) is 29.2 Å². The molecule has 0 radical (unpaired) electrons. The first kappa shape index (κ1) is 23.4. The zero-order valence-corrected chi connectivity index (χ0v) is 20.3. The molecule has 0 spiro atoms. The highest BCUT2D eigenvalue weighted by molar-refractivity contribution is 5.79. The van der Waals surface area contributed by atoms with Gasteiger partial charge in [0.2, 0.25) is 11.7 Å². The standard InChI is InChI=1S/C27H33N5O3/c1-34-24-11-9-21(10-12-24)25-29-27(35-30-25)32-16-4-8-23(19-32)26(33)28-14-5-15-31-17-13-20-6-2-3-7-22(20)18-31/h2-3,6-7,9-12,23H,4-5,8,13-19H2,1H3,(H,28,33). The molecule has 35 heavy (non-hydrogen) atoms. The van der Waals surface area contributed by atoms with E-state index in [0.29, 0.717) is 24.9 Å². The molecule has 2 aliphatic heterocycles. The number of piperidine rings is 1. The first-order chi connectivity index (χ1) is 17.2. The van der Waals surface area contributed by atoms with Crippen molar-refractivity contribution in [1.29, 1.82) is 0 Å². The molecule has 0 aliphatic carbocycles. The molecule has 8 nitrogen and oxygen atoms in total. The van der Waals surface area contributed by atoms with Gasteiger partial charge in [-0.1, -0.05) is 29.4 Å². The summed E-state index contributed by atoms with van der Waals surface area (Å²) >= 11 is 0. The lowest BCUT2D eigenvalue weighted by molar-refractivity contribution is -0.125. The maximum absolute atomic E-state index is 12.8. The number of carbonyl (C=O) groups is 1. The number of methoxy groups -OCH3 is 1. The van der Waals surface area contributed by atoms with Crippen LogP contribution >= 0.6 is 0 Å². The summed E-state index contributed by atoms with van der Waals surface area (Å²) in [5, 5.41) is 7.29. The van der Waals surface area contributed by atoms with Crippen LogP contribution in [0.25, 0.3) is 11.4 Å². The minimum Gasteiger partial charge on any atom is -0.497 e. The van der Waals surface area contributed by atoms with E-state index in [1.54, 1.807) is 7.11 Å². The third-order valence-electron chi connectivity index (χ3n) is 6.99. The average Bonchev–Trinajstić information content (AvgIpc) is 3.41. The monoisotopic (exact) mass is 475 g/mol. The molecule has 2 aliphatic rings. The van der Waals surface area contributed by atoms with Gasteiger partial charge in [0.05, 0.1) is 13.0 Å². The number of nitrogens with zero attached hydrogens (tertiary/aromatic N) is 4. The number of ether oxygens (including phenoxy) is 1. The van der Waals surface area contributed by atoms with Crippen LogP contribution in [0.1, 0.15) is 30.4 Å². The fraction of sp³-hybridized carbons (Fsp3) is 0.444. The van der Waals surface area contributed by atoms with Crippen molar-refractivity contribution in [3.63, 3.8) is 0 Å². The Morgan fingerprint density at radius 3 is 2.80 bits per heavy atom. The normalized spacial score (nSPS) is 18.2. The van der Waals surface area contributed by atoms with Crippen LogP contribution in [0.2, 0.25) is 0 Å². The van der Waals surface area contributed by atoms with Gasteiger partial charge in [-0.2, -0.15) is 4.98 Å². The number of fused-ring (bicyclic) bond motifs is 1. The minimum atomic E-state index is -0.0676. The summed E-state index contributed by atoms with van der Waals surface area (Å²) in [6, 6.07) is 16.7. The summed E-state index contributed by atoms with van der Waals surface area (Å²) in [6.07, 6.45) is 3.87. The largest absolute Gasteiger partial charge is 0.497 e. The fourth-order valence-corrected chi connectivity index (χ4v) is 4.97. The van der Waals surface area contributed by atoms with E-state index in [0.717, 1.165) is 63.2 Å². The molecule has 2 aromatic carbocycles. The predicted octanol–water partition coefficient (Wildman–Crippen LogP) is 3.53. The Hall–Kier alpha value is -3.39. The SMILES string of the molecule is COc1ccc(-c2noc(N3CCCC(C(=O)NCCCN4CCc5ccccc5C4)C3)n2)cc1. The van der Waals surface area contributed by atoms with Gasteiger partial charge in [0, 0.05) is 44.8 Å². The van der Waals surface area contributed by atoms with Crippen molar-refractivity contribution in [3.05, 3.63) is 59.7 Å². The van der Waals surface area contributed by atoms with Crippen molar-refractivity contribution in [1.82, 2.24) is 20.4 Å². The summed E-state index contributed by atoms with van der Waals surface area (Å²) in [7, 11) is 1.64. The van der Waals surface area contributed by atoms with E-state index in [2.05, 4.69) is 44.6 Å². The molecule has 1 atom stereocenters. The van der Waals surface area contributed by atoms with E-state index < -0.39 is 0 Å². The molecule has 1 unspecified atom stereocenters. The first-order valence-electron chi connectivity index (χ1n) is 12.5. The van der Waals surface area contributed by atoms with Crippen molar-refractivity contribution in [2.24, 2.45) is 5.92 Å². The predicted molar refractivity (Wildman–Crippen MR) is 134 cm³/mol. The second-order valence-corrected chi connectivity index (χ2v) is 9.35. The van der Waals surface area contributed by atoms with Crippen molar-refractivity contribution in [2.45, 2.75) is 32.2 Å². The van der Waals surface area contributed by atoms with Crippen LogP contribution < -0.4 is 15.0 Å². The number of amides is 1. The van der Waals surface area contributed by atoms with Gasteiger partial charge in [-0.05, 0) is 61.1 Å². The summed E-state index contributed by atoms with van der Waals surface area (Å²) in [5.74, 6) is 1.37. The number of anilines is 1. The first-order valence-corrected chi connectivity index (χ1v) is 12.5. The molecule has 1 aromatic heterocycles. The quantitative estimate of drug-likeness (QED) is 0.499. The Kier molecular flexibility index (Phi) is 7.28. The molecule has 5 rings (SSSR count).